The van der Waals surface area contributed by atoms with Gasteiger partial charge in [-0.15, -0.1) is 0 Å². The van der Waals surface area contributed by atoms with E-state index in [0.717, 1.165) is 11.1 Å². The number of hydrogen-bond donors (Lipinski definition) is 2. The third-order valence-electron chi connectivity index (χ3n) is 5.66. The van der Waals surface area contributed by atoms with Gasteiger partial charge in [0.2, 0.25) is 11.8 Å². The second kappa shape index (κ2) is 9.09. The lowest BCUT2D eigenvalue weighted by Crippen LogP contribution is -2.52. The molecule has 1 unspecified atom stereocenters. The lowest BCUT2D eigenvalue weighted by Gasteiger charge is -2.29. The van der Waals surface area contributed by atoms with Gasteiger partial charge in [0.1, 0.15) is 6.04 Å². The first-order valence-corrected chi connectivity index (χ1v) is 10.5. The Kier molecular flexibility index (Phi) is 6.05. The number of ketones is 1. The standard InChI is InChI=1S/C25H21N3O5/c1-15(29)19-5-3-2-4-17(19)7-10-22(30)26-13-16-6-8-20-18(12-16)14-28(25(20)33)21-9-11-23(31)27-24(21)32/h2-6,8,12,21H,9,11,13-14H2,1H3,(H,26,30)(H,27,31,32). The first kappa shape index (κ1) is 22.0. The largest absolute Gasteiger partial charge is 0.341 e. The molecule has 166 valence electrons. The lowest BCUT2D eigenvalue weighted by atomic mass is 10.0. The summed E-state index contributed by atoms with van der Waals surface area (Å²) >= 11 is 0. The molecule has 2 aromatic rings. The fourth-order valence-electron chi connectivity index (χ4n) is 3.99. The van der Waals surface area contributed by atoms with E-state index in [1.54, 1.807) is 36.4 Å². The number of carbonyl (C=O) groups excluding carboxylic acids is 5. The normalized spacial score (nSPS) is 17.1. The number of Topliss-reactive ketones (excluding diaryl/α,β-unsaturated/α-hetero) is 1. The number of carbonyl (C=O) groups is 5. The molecule has 4 amide bonds. The highest BCUT2D eigenvalue weighted by Crippen LogP contribution is 2.28. The predicted molar refractivity (Wildman–Crippen MR) is 118 cm³/mol. The van der Waals surface area contributed by atoms with E-state index in [9.17, 15) is 24.0 Å². The van der Waals surface area contributed by atoms with Gasteiger partial charge in [-0.2, -0.15) is 0 Å². The average molecular weight is 443 g/mol. The maximum Gasteiger partial charge on any atom is 0.296 e. The maximum atomic E-state index is 12.7. The van der Waals surface area contributed by atoms with Crippen LogP contribution in [0.4, 0.5) is 0 Å². The molecule has 0 spiro atoms. The summed E-state index contributed by atoms with van der Waals surface area (Å²) < 4.78 is 0. The molecule has 2 aliphatic rings. The number of amides is 4. The van der Waals surface area contributed by atoms with Gasteiger partial charge in [0.05, 0.1) is 0 Å². The molecule has 0 radical (unpaired) electrons. The molecule has 2 heterocycles. The van der Waals surface area contributed by atoms with Crippen LogP contribution < -0.4 is 10.6 Å². The third-order valence-corrected chi connectivity index (χ3v) is 5.66. The Morgan fingerprint density at radius 3 is 2.70 bits per heavy atom. The minimum absolute atomic E-state index is 0.126. The van der Waals surface area contributed by atoms with Gasteiger partial charge in [0.25, 0.3) is 11.8 Å². The zero-order chi connectivity index (χ0) is 23.5. The number of nitrogens with one attached hydrogen (secondary N) is 2. The van der Waals surface area contributed by atoms with Crippen molar-refractivity contribution in [3.63, 3.8) is 0 Å². The quantitative estimate of drug-likeness (QED) is 0.421. The van der Waals surface area contributed by atoms with Crippen molar-refractivity contribution < 1.29 is 24.0 Å². The van der Waals surface area contributed by atoms with Crippen molar-refractivity contribution >= 4 is 29.4 Å². The molecule has 2 N–H and O–H groups in total. The highest BCUT2D eigenvalue weighted by Gasteiger charge is 2.39. The van der Waals surface area contributed by atoms with Crippen LogP contribution in [0.5, 0.6) is 0 Å². The van der Waals surface area contributed by atoms with Crippen molar-refractivity contribution in [3.05, 3.63) is 70.3 Å². The smallest absolute Gasteiger partial charge is 0.296 e. The van der Waals surface area contributed by atoms with Crippen molar-refractivity contribution in [2.75, 3.05) is 0 Å². The average Bonchev–Trinajstić information content (AvgIpc) is 3.12. The number of benzene rings is 2. The van der Waals surface area contributed by atoms with E-state index < -0.39 is 17.9 Å². The fraction of sp³-hybridized carbons (Fsp3) is 0.240. The molecule has 1 fully saturated rings. The Morgan fingerprint density at radius 2 is 1.94 bits per heavy atom. The summed E-state index contributed by atoms with van der Waals surface area (Å²) in [6.07, 6.45) is 0.504. The van der Waals surface area contributed by atoms with E-state index in [1.165, 1.54) is 11.8 Å². The van der Waals surface area contributed by atoms with E-state index in [-0.39, 0.29) is 37.1 Å². The van der Waals surface area contributed by atoms with Crippen LogP contribution in [0.1, 0.15) is 57.2 Å². The lowest BCUT2D eigenvalue weighted by molar-refractivity contribution is -0.137. The Labute approximate surface area is 190 Å². The Balaban J connectivity index is 1.40. The zero-order valence-electron chi connectivity index (χ0n) is 17.9. The van der Waals surface area contributed by atoms with E-state index in [0.29, 0.717) is 23.1 Å². The molecule has 0 bridgehead atoms. The minimum Gasteiger partial charge on any atom is -0.341 e. The van der Waals surface area contributed by atoms with Crippen LogP contribution >= 0.6 is 0 Å². The molecule has 0 aromatic heterocycles. The van der Waals surface area contributed by atoms with Gasteiger partial charge in [0, 0.05) is 42.1 Å². The van der Waals surface area contributed by atoms with Crippen LogP contribution in [0.15, 0.2) is 42.5 Å². The summed E-state index contributed by atoms with van der Waals surface area (Å²) in [7, 11) is 0. The van der Waals surface area contributed by atoms with Crippen molar-refractivity contribution in [2.45, 2.75) is 38.9 Å². The second-order valence-electron chi connectivity index (χ2n) is 7.93. The molecule has 8 heteroatoms. The SMILES string of the molecule is CC(=O)c1ccccc1C#CC(=O)NCc1ccc2c(c1)CN(C1CCC(=O)NC1=O)C2=O. The molecule has 1 atom stereocenters. The monoisotopic (exact) mass is 443 g/mol. The van der Waals surface area contributed by atoms with Crippen LogP contribution in [0.25, 0.3) is 0 Å². The van der Waals surface area contributed by atoms with Crippen molar-refractivity contribution in [2.24, 2.45) is 0 Å². The summed E-state index contributed by atoms with van der Waals surface area (Å²) in [6.45, 7) is 1.92. The molecule has 33 heavy (non-hydrogen) atoms. The highest BCUT2D eigenvalue weighted by atomic mass is 16.2. The van der Waals surface area contributed by atoms with Crippen LogP contribution in [-0.4, -0.2) is 40.4 Å². The number of fused-ring (bicyclic) bond motifs is 1. The molecule has 2 aromatic carbocycles. The van der Waals surface area contributed by atoms with Crippen LogP contribution in [0.3, 0.4) is 0 Å². The van der Waals surface area contributed by atoms with E-state index in [1.807, 2.05) is 6.07 Å². The van der Waals surface area contributed by atoms with E-state index in [4.69, 9.17) is 0 Å². The first-order valence-electron chi connectivity index (χ1n) is 10.5. The zero-order valence-corrected chi connectivity index (χ0v) is 17.9. The third kappa shape index (κ3) is 4.67. The summed E-state index contributed by atoms with van der Waals surface area (Å²) in [5, 5.41) is 4.99. The fourth-order valence-corrected chi connectivity index (χ4v) is 3.99. The second-order valence-corrected chi connectivity index (χ2v) is 7.93. The maximum absolute atomic E-state index is 12.7. The van der Waals surface area contributed by atoms with Crippen LogP contribution in [-0.2, 0) is 27.5 Å². The van der Waals surface area contributed by atoms with Gasteiger partial charge in [-0.05, 0) is 36.6 Å². The Bertz CT molecular complexity index is 1250. The van der Waals surface area contributed by atoms with Crippen LogP contribution in [0, 0.1) is 11.8 Å². The molecule has 0 saturated carbocycles. The summed E-state index contributed by atoms with van der Waals surface area (Å²) in [5.41, 5.74) is 3.01. The molecule has 4 rings (SSSR count). The van der Waals surface area contributed by atoms with Gasteiger partial charge < -0.3 is 10.2 Å². The van der Waals surface area contributed by atoms with Gasteiger partial charge >= 0.3 is 0 Å². The molecule has 8 nitrogen and oxygen atoms in total. The Morgan fingerprint density at radius 1 is 1.15 bits per heavy atom. The molecular formula is C25H21N3O5. The topological polar surface area (TPSA) is 113 Å². The number of imide groups is 1. The summed E-state index contributed by atoms with van der Waals surface area (Å²) in [5.74, 6) is 3.58. The van der Waals surface area contributed by atoms with Gasteiger partial charge in [-0.1, -0.05) is 36.3 Å². The number of nitrogens with zero attached hydrogens (tertiary/aromatic N) is 1. The summed E-state index contributed by atoms with van der Waals surface area (Å²) in [6, 6.07) is 11.4. The van der Waals surface area contributed by atoms with Crippen LogP contribution in [0.2, 0.25) is 0 Å². The molecule has 0 aliphatic carbocycles. The van der Waals surface area contributed by atoms with E-state index >= 15 is 0 Å². The minimum atomic E-state index is -0.668. The van der Waals surface area contributed by atoms with Gasteiger partial charge in [-0.3, -0.25) is 29.3 Å². The van der Waals surface area contributed by atoms with E-state index in [2.05, 4.69) is 22.5 Å². The molecular weight excluding hydrogens is 422 g/mol. The number of piperidine rings is 1. The first-order chi connectivity index (χ1) is 15.8. The van der Waals surface area contributed by atoms with Crippen molar-refractivity contribution in [1.82, 2.24) is 15.5 Å². The van der Waals surface area contributed by atoms with Gasteiger partial charge in [0.15, 0.2) is 5.78 Å². The predicted octanol–water partition coefficient (Wildman–Crippen LogP) is 1.32. The molecule has 2 aliphatic heterocycles. The highest BCUT2D eigenvalue weighted by molar-refractivity contribution is 6.05. The Hall–Kier alpha value is -4.25. The molecule has 1 saturated heterocycles. The van der Waals surface area contributed by atoms with Gasteiger partial charge in [-0.25, -0.2) is 0 Å². The summed E-state index contributed by atoms with van der Waals surface area (Å²) in [4.78, 5) is 61.6. The van der Waals surface area contributed by atoms with Crippen molar-refractivity contribution in [1.29, 1.82) is 0 Å². The number of hydrogen-bond acceptors (Lipinski definition) is 5. The van der Waals surface area contributed by atoms with Crippen molar-refractivity contribution in [3.8, 4) is 11.8 Å². The number of rotatable bonds is 4.